The summed E-state index contributed by atoms with van der Waals surface area (Å²) in [6.45, 7) is 0. The van der Waals surface area contributed by atoms with E-state index in [0.29, 0.717) is 5.69 Å². The predicted molar refractivity (Wildman–Crippen MR) is 68.2 cm³/mol. The topological polar surface area (TPSA) is 25.2 Å². The molecule has 82 valence electrons. The maximum Gasteiger partial charge on any atom is 0.148 e. The predicted octanol–water partition coefficient (Wildman–Crippen LogP) is 3.72. The molecule has 2 nitrogen and oxygen atoms in total. The van der Waals surface area contributed by atoms with Crippen LogP contribution >= 0.6 is 23.1 Å². The van der Waals surface area contributed by atoms with E-state index in [2.05, 4.69) is 9.98 Å². The van der Waals surface area contributed by atoms with E-state index in [1.54, 1.807) is 24.4 Å². The SMILES string of the molecule is CS/C(=N\c1ccccc1F)c1nccs1. The Kier molecular flexibility index (Phi) is 3.69. The third-order valence-electron chi connectivity index (χ3n) is 1.88. The fourth-order valence-electron chi connectivity index (χ4n) is 1.16. The third-order valence-corrected chi connectivity index (χ3v) is 3.46. The molecule has 1 aromatic heterocycles. The Labute approximate surface area is 101 Å². The summed E-state index contributed by atoms with van der Waals surface area (Å²) in [6, 6.07) is 6.47. The maximum absolute atomic E-state index is 13.4. The number of para-hydroxylation sites is 1. The normalized spacial score (nSPS) is 11.8. The van der Waals surface area contributed by atoms with Gasteiger partial charge in [-0.25, -0.2) is 14.4 Å². The Morgan fingerprint density at radius 3 is 2.88 bits per heavy atom. The lowest BCUT2D eigenvalue weighted by Crippen LogP contribution is -1.93. The minimum atomic E-state index is -0.314. The van der Waals surface area contributed by atoms with Gasteiger partial charge in [0.25, 0.3) is 0 Å². The largest absolute Gasteiger partial charge is 0.242 e. The molecule has 16 heavy (non-hydrogen) atoms. The summed E-state index contributed by atoms with van der Waals surface area (Å²) in [5.74, 6) is -0.314. The molecule has 0 saturated carbocycles. The van der Waals surface area contributed by atoms with Gasteiger partial charge in [0.1, 0.15) is 21.6 Å². The van der Waals surface area contributed by atoms with Crippen LogP contribution in [-0.2, 0) is 0 Å². The zero-order valence-corrected chi connectivity index (χ0v) is 10.2. The van der Waals surface area contributed by atoms with E-state index < -0.39 is 0 Å². The number of halogens is 1. The van der Waals surface area contributed by atoms with Crippen LogP contribution in [0.1, 0.15) is 5.01 Å². The van der Waals surface area contributed by atoms with Crippen molar-refractivity contribution < 1.29 is 4.39 Å². The molecule has 1 aromatic carbocycles. The van der Waals surface area contributed by atoms with E-state index in [-0.39, 0.29) is 5.82 Å². The van der Waals surface area contributed by atoms with Crippen molar-refractivity contribution in [1.29, 1.82) is 0 Å². The molecule has 2 rings (SSSR count). The van der Waals surface area contributed by atoms with Gasteiger partial charge in [0.2, 0.25) is 0 Å². The molecule has 0 atom stereocenters. The van der Waals surface area contributed by atoms with Gasteiger partial charge in [-0.15, -0.1) is 23.1 Å². The van der Waals surface area contributed by atoms with Crippen molar-refractivity contribution in [3.63, 3.8) is 0 Å². The number of aromatic nitrogens is 1. The average molecular weight is 252 g/mol. The van der Waals surface area contributed by atoms with Gasteiger partial charge in [0.15, 0.2) is 0 Å². The molecule has 0 saturated heterocycles. The molecule has 0 amide bonds. The molecule has 0 bridgehead atoms. The van der Waals surface area contributed by atoms with Gasteiger partial charge in [0.05, 0.1) is 0 Å². The summed E-state index contributed by atoms with van der Waals surface area (Å²) >= 11 is 2.96. The first-order valence-electron chi connectivity index (χ1n) is 4.58. The fraction of sp³-hybridized carbons (Fsp3) is 0.0909. The fourth-order valence-corrected chi connectivity index (χ4v) is 2.49. The van der Waals surface area contributed by atoms with E-state index in [1.165, 1.54) is 29.2 Å². The monoisotopic (exact) mass is 252 g/mol. The third kappa shape index (κ3) is 2.48. The highest BCUT2D eigenvalue weighted by Crippen LogP contribution is 2.22. The van der Waals surface area contributed by atoms with Crippen molar-refractivity contribution in [3.8, 4) is 0 Å². The molecule has 0 aliphatic carbocycles. The summed E-state index contributed by atoms with van der Waals surface area (Å²) in [6.07, 6.45) is 3.62. The van der Waals surface area contributed by atoms with Crippen LogP contribution in [0.2, 0.25) is 0 Å². The molecule has 1 heterocycles. The molecule has 0 unspecified atom stereocenters. The Hall–Kier alpha value is -1.20. The van der Waals surface area contributed by atoms with Crippen LogP contribution in [-0.4, -0.2) is 16.3 Å². The minimum Gasteiger partial charge on any atom is -0.242 e. The van der Waals surface area contributed by atoms with Gasteiger partial charge < -0.3 is 0 Å². The van der Waals surface area contributed by atoms with Crippen LogP contribution in [0, 0.1) is 5.82 Å². The van der Waals surface area contributed by atoms with Gasteiger partial charge in [-0.3, -0.25) is 0 Å². The average Bonchev–Trinajstić information content (AvgIpc) is 2.81. The van der Waals surface area contributed by atoms with Gasteiger partial charge in [0, 0.05) is 11.6 Å². The Morgan fingerprint density at radius 1 is 1.44 bits per heavy atom. The number of rotatable bonds is 2. The highest BCUT2D eigenvalue weighted by atomic mass is 32.2. The first kappa shape index (κ1) is 11.3. The number of thiazole rings is 1. The van der Waals surface area contributed by atoms with Crippen molar-refractivity contribution in [2.45, 2.75) is 0 Å². The number of hydrogen-bond donors (Lipinski definition) is 0. The molecule has 5 heteroatoms. The summed E-state index contributed by atoms with van der Waals surface area (Å²) in [4.78, 5) is 8.43. The summed E-state index contributed by atoms with van der Waals surface area (Å²) in [7, 11) is 0. The van der Waals surface area contributed by atoms with Gasteiger partial charge in [-0.2, -0.15) is 0 Å². The Bertz CT molecular complexity index is 494. The Balaban J connectivity index is 2.39. The summed E-state index contributed by atoms with van der Waals surface area (Å²) in [5.41, 5.74) is 0.349. The van der Waals surface area contributed by atoms with Crippen LogP contribution in [0.25, 0.3) is 0 Å². The van der Waals surface area contributed by atoms with Gasteiger partial charge in [-0.1, -0.05) is 12.1 Å². The molecule has 2 aromatic rings. The lowest BCUT2D eigenvalue weighted by atomic mass is 10.3. The van der Waals surface area contributed by atoms with Crippen LogP contribution in [0.4, 0.5) is 10.1 Å². The van der Waals surface area contributed by atoms with E-state index in [1.807, 2.05) is 11.6 Å². The molecule has 0 fully saturated rings. The second-order valence-corrected chi connectivity index (χ2v) is 4.60. The zero-order chi connectivity index (χ0) is 11.4. The summed E-state index contributed by atoms with van der Waals surface area (Å²) < 4.78 is 13.4. The first-order chi connectivity index (χ1) is 7.81. The van der Waals surface area contributed by atoms with Gasteiger partial charge >= 0.3 is 0 Å². The summed E-state index contributed by atoms with van der Waals surface area (Å²) in [5, 5.41) is 3.43. The second kappa shape index (κ2) is 5.23. The Morgan fingerprint density at radius 2 is 2.25 bits per heavy atom. The number of benzene rings is 1. The number of hydrogen-bond acceptors (Lipinski definition) is 4. The highest BCUT2D eigenvalue weighted by molar-refractivity contribution is 8.14. The van der Waals surface area contributed by atoms with Crippen molar-refractivity contribution in [1.82, 2.24) is 4.98 Å². The molecule has 0 aliphatic heterocycles. The lowest BCUT2D eigenvalue weighted by Gasteiger charge is -2.00. The van der Waals surface area contributed by atoms with Crippen molar-refractivity contribution in [2.24, 2.45) is 4.99 Å². The smallest absolute Gasteiger partial charge is 0.148 e. The van der Waals surface area contributed by atoms with Gasteiger partial charge in [-0.05, 0) is 18.4 Å². The quantitative estimate of drug-likeness (QED) is 0.601. The van der Waals surface area contributed by atoms with Crippen LogP contribution in [0.15, 0.2) is 40.8 Å². The van der Waals surface area contributed by atoms with E-state index in [0.717, 1.165) is 10.1 Å². The molecule has 0 aliphatic rings. The minimum absolute atomic E-state index is 0.314. The number of thioether (sulfide) groups is 1. The molecule has 0 radical (unpaired) electrons. The van der Waals surface area contributed by atoms with E-state index in [9.17, 15) is 4.39 Å². The van der Waals surface area contributed by atoms with Crippen molar-refractivity contribution in [2.75, 3.05) is 6.26 Å². The highest BCUT2D eigenvalue weighted by Gasteiger charge is 2.06. The van der Waals surface area contributed by atoms with Crippen LogP contribution in [0.5, 0.6) is 0 Å². The molecular weight excluding hydrogens is 243 g/mol. The van der Waals surface area contributed by atoms with Crippen molar-refractivity contribution >= 4 is 33.8 Å². The van der Waals surface area contributed by atoms with Crippen molar-refractivity contribution in [3.05, 3.63) is 46.7 Å². The maximum atomic E-state index is 13.4. The van der Waals surface area contributed by atoms with E-state index in [4.69, 9.17) is 0 Å². The standard InChI is InChI=1S/C11H9FN2S2/c1-15-11(10-13-6-7-16-10)14-9-5-3-2-4-8(9)12/h2-7H,1H3/b14-11-. The number of nitrogens with zero attached hydrogens (tertiary/aromatic N) is 2. The van der Waals surface area contributed by atoms with Crippen LogP contribution < -0.4 is 0 Å². The zero-order valence-electron chi connectivity index (χ0n) is 8.55. The lowest BCUT2D eigenvalue weighted by molar-refractivity contribution is 0.630. The van der Waals surface area contributed by atoms with Crippen LogP contribution in [0.3, 0.4) is 0 Å². The molecule has 0 spiro atoms. The second-order valence-electron chi connectivity index (χ2n) is 2.91. The first-order valence-corrected chi connectivity index (χ1v) is 6.69. The van der Waals surface area contributed by atoms with E-state index >= 15 is 0 Å². The molecule has 0 N–H and O–H groups in total. The number of aliphatic imine (C=N–C) groups is 1. The molecular formula is C11H9FN2S2.